The Hall–Kier alpha value is -1.06. The Morgan fingerprint density at radius 3 is 2.94 bits per heavy atom. The molecule has 0 bridgehead atoms. The van der Waals surface area contributed by atoms with Crippen molar-refractivity contribution in [3.05, 3.63) is 0 Å². The van der Waals surface area contributed by atoms with Crippen molar-refractivity contribution in [3.8, 4) is 0 Å². The highest BCUT2D eigenvalue weighted by Crippen LogP contribution is 2.21. The summed E-state index contributed by atoms with van der Waals surface area (Å²) >= 11 is 0. The lowest BCUT2D eigenvalue weighted by atomic mass is 9.95. The summed E-state index contributed by atoms with van der Waals surface area (Å²) in [4.78, 5) is 25.9. The van der Waals surface area contributed by atoms with Gasteiger partial charge in [0.1, 0.15) is 6.04 Å². The summed E-state index contributed by atoms with van der Waals surface area (Å²) in [6.07, 6.45) is 6.73. The van der Waals surface area contributed by atoms with Crippen LogP contribution in [-0.2, 0) is 9.59 Å². The van der Waals surface area contributed by atoms with Gasteiger partial charge in [-0.2, -0.15) is 0 Å². The molecular weight excluding hydrogens is 228 g/mol. The summed E-state index contributed by atoms with van der Waals surface area (Å²) in [6, 6.07) is -0.268. The van der Waals surface area contributed by atoms with Crippen molar-refractivity contribution < 1.29 is 9.59 Å². The predicted octanol–water partition coefficient (Wildman–Crippen LogP) is 1.69. The fourth-order valence-corrected chi connectivity index (χ4v) is 2.98. The maximum absolute atomic E-state index is 12.4. The Balaban J connectivity index is 1.94. The van der Waals surface area contributed by atoms with Crippen LogP contribution in [0.15, 0.2) is 0 Å². The zero-order valence-electron chi connectivity index (χ0n) is 11.3. The maximum Gasteiger partial charge on any atom is 0.245 e. The van der Waals surface area contributed by atoms with Gasteiger partial charge in [0.25, 0.3) is 0 Å². The molecule has 102 valence electrons. The van der Waals surface area contributed by atoms with E-state index in [1.54, 1.807) is 0 Å². The van der Waals surface area contributed by atoms with Gasteiger partial charge in [0.15, 0.2) is 0 Å². The van der Waals surface area contributed by atoms with Crippen molar-refractivity contribution >= 4 is 11.8 Å². The summed E-state index contributed by atoms with van der Waals surface area (Å²) in [5, 5.41) is 2.88. The molecule has 2 heterocycles. The van der Waals surface area contributed by atoms with Crippen molar-refractivity contribution in [1.82, 2.24) is 10.2 Å². The van der Waals surface area contributed by atoms with E-state index in [9.17, 15) is 9.59 Å². The maximum atomic E-state index is 12.4. The highest BCUT2D eigenvalue weighted by atomic mass is 16.2. The first-order chi connectivity index (χ1) is 8.70. The van der Waals surface area contributed by atoms with Gasteiger partial charge in [-0.15, -0.1) is 0 Å². The Labute approximate surface area is 109 Å². The predicted molar refractivity (Wildman–Crippen MR) is 70.0 cm³/mol. The van der Waals surface area contributed by atoms with E-state index in [0.717, 1.165) is 45.2 Å². The molecule has 18 heavy (non-hydrogen) atoms. The SMILES string of the molecule is CC[C@@H]1CCCN(C(=O)[C@@H]2CCCCC(=O)N2)C1. The lowest BCUT2D eigenvalue weighted by Gasteiger charge is -2.34. The van der Waals surface area contributed by atoms with Crippen LogP contribution in [0.4, 0.5) is 0 Å². The zero-order chi connectivity index (χ0) is 13.0. The normalized spacial score (nSPS) is 29.6. The van der Waals surface area contributed by atoms with Gasteiger partial charge in [0.2, 0.25) is 11.8 Å². The van der Waals surface area contributed by atoms with Crippen LogP contribution in [0.25, 0.3) is 0 Å². The van der Waals surface area contributed by atoms with Crippen molar-refractivity contribution in [2.45, 2.75) is 57.9 Å². The fraction of sp³-hybridized carbons (Fsp3) is 0.857. The second kappa shape index (κ2) is 6.21. The van der Waals surface area contributed by atoms with E-state index < -0.39 is 0 Å². The minimum atomic E-state index is -0.268. The zero-order valence-corrected chi connectivity index (χ0v) is 11.3. The number of carbonyl (C=O) groups is 2. The molecule has 0 aromatic heterocycles. The Bertz CT molecular complexity index is 317. The van der Waals surface area contributed by atoms with Crippen LogP contribution in [0.5, 0.6) is 0 Å². The molecule has 0 aliphatic carbocycles. The van der Waals surface area contributed by atoms with Gasteiger partial charge in [-0.25, -0.2) is 0 Å². The average molecular weight is 252 g/mol. The fourth-order valence-electron chi connectivity index (χ4n) is 2.98. The van der Waals surface area contributed by atoms with E-state index >= 15 is 0 Å². The van der Waals surface area contributed by atoms with Crippen LogP contribution in [0.3, 0.4) is 0 Å². The van der Waals surface area contributed by atoms with Gasteiger partial charge in [-0.3, -0.25) is 9.59 Å². The molecule has 0 radical (unpaired) electrons. The van der Waals surface area contributed by atoms with E-state index in [-0.39, 0.29) is 17.9 Å². The van der Waals surface area contributed by atoms with Crippen molar-refractivity contribution in [3.63, 3.8) is 0 Å². The van der Waals surface area contributed by atoms with E-state index in [4.69, 9.17) is 0 Å². The topological polar surface area (TPSA) is 49.4 Å². The summed E-state index contributed by atoms with van der Waals surface area (Å²) in [6.45, 7) is 3.93. The molecule has 0 aromatic rings. The van der Waals surface area contributed by atoms with Gasteiger partial charge < -0.3 is 10.2 Å². The number of carbonyl (C=O) groups excluding carboxylic acids is 2. The number of amides is 2. The van der Waals surface area contributed by atoms with Crippen LogP contribution >= 0.6 is 0 Å². The molecular formula is C14H24N2O2. The standard InChI is InChI=1S/C14H24N2O2/c1-2-11-6-5-9-16(10-11)14(18)12-7-3-4-8-13(17)15-12/h11-12H,2-10H2,1H3,(H,15,17)/t11-,12+/m1/s1. The number of likely N-dealkylation sites (tertiary alicyclic amines) is 1. The van der Waals surface area contributed by atoms with Gasteiger partial charge in [-0.1, -0.05) is 19.8 Å². The van der Waals surface area contributed by atoms with Gasteiger partial charge in [-0.05, 0) is 31.6 Å². The van der Waals surface area contributed by atoms with Gasteiger partial charge in [0.05, 0.1) is 0 Å². The van der Waals surface area contributed by atoms with Crippen LogP contribution in [0.2, 0.25) is 0 Å². The van der Waals surface area contributed by atoms with Gasteiger partial charge >= 0.3 is 0 Å². The molecule has 2 fully saturated rings. The first kappa shape index (κ1) is 13.4. The van der Waals surface area contributed by atoms with Crippen LogP contribution in [-0.4, -0.2) is 35.8 Å². The van der Waals surface area contributed by atoms with Crippen molar-refractivity contribution in [2.75, 3.05) is 13.1 Å². The molecule has 0 saturated carbocycles. The Morgan fingerprint density at radius 1 is 1.33 bits per heavy atom. The second-order valence-corrected chi connectivity index (χ2v) is 5.57. The Kier molecular flexibility index (Phi) is 4.61. The van der Waals surface area contributed by atoms with Crippen LogP contribution < -0.4 is 5.32 Å². The van der Waals surface area contributed by atoms with E-state index in [1.165, 1.54) is 6.42 Å². The lowest BCUT2D eigenvalue weighted by molar-refractivity contribution is -0.137. The monoisotopic (exact) mass is 252 g/mol. The smallest absolute Gasteiger partial charge is 0.245 e. The third-order valence-corrected chi connectivity index (χ3v) is 4.19. The minimum Gasteiger partial charge on any atom is -0.344 e. The third kappa shape index (κ3) is 3.24. The molecule has 0 unspecified atom stereocenters. The molecule has 2 aliphatic heterocycles. The molecule has 0 spiro atoms. The minimum absolute atomic E-state index is 0.0369. The van der Waals surface area contributed by atoms with E-state index in [1.807, 2.05) is 4.90 Å². The van der Waals surface area contributed by atoms with Crippen molar-refractivity contribution in [1.29, 1.82) is 0 Å². The summed E-state index contributed by atoms with van der Waals surface area (Å²) in [5.41, 5.74) is 0. The second-order valence-electron chi connectivity index (χ2n) is 5.57. The first-order valence-electron chi connectivity index (χ1n) is 7.29. The average Bonchev–Trinajstić information content (AvgIpc) is 2.62. The lowest BCUT2D eigenvalue weighted by Crippen LogP contribution is -2.50. The number of hydrogen-bond donors (Lipinski definition) is 1. The molecule has 2 aliphatic rings. The molecule has 4 nitrogen and oxygen atoms in total. The summed E-state index contributed by atoms with van der Waals surface area (Å²) in [5.74, 6) is 0.822. The quantitative estimate of drug-likeness (QED) is 0.813. The summed E-state index contributed by atoms with van der Waals surface area (Å²) in [7, 11) is 0. The van der Waals surface area contributed by atoms with E-state index in [0.29, 0.717) is 12.3 Å². The molecule has 2 rings (SSSR count). The van der Waals surface area contributed by atoms with Crippen molar-refractivity contribution in [2.24, 2.45) is 5.92 Å². The molecule has 2 amide bonds. The molecule has 2 saturated heterocycles. The Morgan fingerprint density at radius 2 is 2.17 bits per heavy atom. The summed E-state index contributed by atoms with van der Waals surface area (Å²) < 4.78 is 0. The molecule has 4 heteroatoms. The molecule has 2 atom stereocenters. The molecule has 0 aromatic carbocycles. The number of hydrogen-bond acceptors (Lipinski definition) is 2. The highest BCUT2D eigenvalue weighted by Gasteiger charge is 2.30. The van der Waals surface area contributed by atoms with Crippen LogP contribution in [0, 0.1) is 5.92 Å². The first-order valence-corrected chi connectivity index (χ1v) is 7.29. The van der Waals surface area contributed by atoms with Crippen LogP contribution in [0.1, 0.15) is 51.9 Å². The molecule has 1 N–H and O–H groups in total. The number of rotatable bonds is 2. The number of nitrogens with one attached hydrogen (secondary N) is 1. The largest absolute Gasteiger partial charge is 0.344 e. The van der Waals surface area contributed by atoms with Gasteiger partial charge in [0, 0.05) is 19.5 Å². The highest BCUT2D eigenvalue weighted by molar-refractivity contribution is 5.88. The van der Waals surface area contributed by atoms with E-state index in [2.05, 4.69) is 12.2 Å². The number of nitrogens with zero attached hydrogens (tertiary/aromatic N) is 1. The number of piperidine rings is 1. The third-order valence-electron chi connectivity index (χ3n) is 4.19.